The minimum atomic E-state index is -3.63. The number of rotatable bonds is 4. The summed E-state index contributed by atoms with van der Waals surface area (Å²) in [5.41, 5.74) is 0.971. The van der Waals surface area contributed by atoms with Crippen molar-refractivity contribution in [3.63, 3.8) is 0 Å². The van der Waals surface area contributed by atoms with Gasteiger partial charge in [0.15, 0.2) is 0 Å². The topological polar surface area (TPSA) is 87.0 Å². The lowest BCUT2D eigenvalue weighted by Crippen LogP contribution is -2.26. The molecule has 0 saturated carbocycles. The minimum absolute atomic E-state index is 0.0582. The van der Waals surface area contributed by atoms with E-state index in [2.05, 4.69) is 9.97 Å². The van der Waals surface area contributed by atoms with Crippen molar-refractivity contribution in [2.24, 2.45) is 0 Å². The van der Waals surface area contributed by atoms with E-state index in [4.69, 9.17) is 5.26 Å². The van der Waals surface area contributed by atoms with Crippen molar-refractivity contribution in [3.05, 3.63) is 54.1 Å². The van der Waals surface area contributed by atoms with Gasteiger partial charge < -0.3 is 0 Å². The summed E-state index contributed by atoms with van der Waals surface area (Å²) < 4.78 is 25.9. The zero-order chi connectivity index (χ0) is 14.6. The smallest absolute Gasteiger partial charge is 0.244 e. The van der Waals surface area contributed by atoms with Crippen LogP contribution in [0.4, 0.5) is 0 Å². The Bertz CT molecular complexity index is 721. The van der Waals surface area contributed by atoms with Gasteiger partial charge in [0, 0.05) is 32.2 Å². The van der Waals surface area contributed by atoms with Gasteiger partial charge in [0.1, 0.15) is 16.7 Å². The Balaban J connectivity index is 2.23. The fourth-order valence-corrected chi connectivity index (χ4v) is 2.72. The quantitative estimate of drug-likeness (QED) is 0.842. The molecule has 0 amide bonds. The third-order valence-electron chi connectivity index (χ3n) is 2.69. The molecule has 0 aliphatic rings. The van der Waals surface area contributed by atoms with Crippen LogP contribution in [0.5, 0.6) is 0 Å². The highest BCUT2D eigenvalue weighted by molar-refractivity contribution is 7.89. The van der Waals surface area contributed by atoms with Crippen molar-refractivity contribution >= 4 is 10.0 Å². The SMILES string of the molecule is CN(Cc1cccnc1)S(=O)(=O)c1ccc(C#N)nc1. The van der Waals surface area contributed by atoms with Gasteiger partial charge in [-0.1, -0.05) is 6.07 Å². The summed E-state index contributed by atoms with van der Waals surface area (Å²) in [5, 5.41) is 8.66. The van der Waals surface area contributed by atoms with Gasteiger partial charge in [-0.05, 0) is 23.8 Å². The average molecular weight is 288 g/mol. The number of hydrogen-bond acceptors (Lipinski definition) is 5. The molecule has 102 valence electrons. The second kappa shape index (κ2) is 5.77. The molecule has 7 heteroatoms. The maximum atomic E-state index is 12.3. The van der Waals surface area contributed by atoms with E-state index < -0.39 is 10.0 Å². The normalized spacial score (nSPS) is 11.2. The van der Waals surface area contributed by atoms with Crippen LogP contribution in [0.15, 0.2) is 47.8 Å². The molecule has 0 saturated heterocycles. The Morgan fingerprint density at radius 3 is 2.65 bits per heavy atom. The highest BCUT2D eigenvalue weighted by Gasteiger charge is 2.21. The van der Waals surface area contributed by atoms with Gasteiger partial charge in [0.2, 0.25) is 10.0 Å². The lowest BCUT2D eigenvalue weighted by molar-refractivity contribution is 0.466. The van der Waals surface area contributed by atoms with Crippen molar-refractivity contribution in [1.29, 1.82) is 5.26 Å². The molecule has 0 radical (unpaired) electrons. The number of aromatic nitrogens is 2. The van der Waals surface area contributed by atoms with E-state index in [9.17, 15) is 8.42 Å². The first-order valence-electron chi connectivity index (χ1n) is 5.75. The van der Waals surface area contributed by atoms with Gasteiger partial charge in [-0.2, -0.15) is 9.57 Å². The Morgan fingerprint density at radius 2 is 2.10 bits per heavy atom. The van der Waals surface area contributed by atoms with E-state index >= 15 is 0 Å². The molecule has 20 heavy (non-hydrogen) atoms. The maximum absolute atomic E-state index is 12.3. The Hall–Kier alpha value is -2.30. The standard InChI is InChI=1S/C13H12N4O2S/c1-17(10-11-3-2-6-15-8-11)20(18,19)13-5-4-12(7-14)16-9-13/h2-6,8-9H,10H2,1H3. The minimum Gasteiger partial charge on any atom is -0.264 e. The van der Waals surface area contributed by atoms with Crippen LogP contribution in [-0.4, -0.2) is 29.7 Å². The van der Waals surface area contributed by atoms with E-state index in [1.807, 2.05) is 6.07 Å². The van der Waals surface area contributed by atoms with Gasteiger partial charge in [-0.3, -0.25) is 4.98 Å². The lowest BCUT2D eigenvalue weighted by Gasteiger charge is -2.16. The second-order valence-electron chi connectivity index (χ2n) is 4.11. The molecule has 2 heterocycles. The van der Waals surface area contributed by atoms with Crippen LogP contribution in [0.25, 0.3) is 0 Å². The van der Waals surface area contributed by atoms with Gasteiger partial charge in [-0.15, -0.1) is 0 Å². The highest BCUT2D eigenvalue weighted by atomic mass is 32.2. The maximum Gasteiger partial charge on any atom is 0.244 e. The van der Waals surface area contributed by atoms with Gasteiger partial charge in [-0.25, -0.2) is 13.4 Å². The summed E-state index contributed by atoms with van der Waals surface area (Å²) >= 11 is 0. The molecular formula is C13H12N4O2S. The number of nitrogens with zero attached hydrogens (tertiary/aromatic N) is 4. The first kappa shape index (κ1) is 14.1. The number of hydrogen-bond donors (Lipinski definition) is 0. The molecule has 2 rings (SSSR count). The molecule has 0 fully saturated rings. The summed E-state index contributed by atoms with van der Waals surface area (Å²) in [6, 6.07) is 8.15. The van der Waals surface area contributed by atoms with Crippen molar-refractivity contribution in [3.8, 4) is 6.07 Å². The molecule has 0 unspecified atom stereocenters. The van der Waals surface area contributed by atoms with Crippen molar-refractivity contribution in [2.75, 3.05) is 7.05 Å². The monoisotopic (exact) mass is 288 g/mol. The number of nitriles is 1. The predicted octanol–water partition coefficient (Wildman–Crippen LogP) is 1.17. The molecule has 0 spiro atoms. The van der Waals surface area contributed by atoms with Crippen LogP contribution < -0.4 is 0 Å². The van der Waals surface area contributed by atoms with Crippen LogP contribution in [-0.2, 0) is 16.6 Å². The van der Waals surface area contributed by atoms with Gasteiger partial charge >= 0.3 is 0 Å². The molecule has 0 aromatic carbocycles. The summed E-state index contributed by atoms with van der Waals surface area (Å²) in [4.78, 5) is 7.78. The average Bonchev–Trinajstić information content (AvgIpc) is 2.48. The molecule has 0 bridgehead atoms. The Labute approximate surface area is 117 Å². The molecule has 0 N–H and O–H groups in total. The molecule has 0 aliphatic carbocycles. The predicted molar refractivity (Wildman–Crippen MR) is 71.8 cm³/mol. The third-order valence-corrected chi connectivity index (χ3v) is 4.47. The molecular weight excluding hydrogens is 276 g/mol. The van der Waals surface area contributed by atoms with Crippen LogP contribution in [0.1, 0.15) is 11.3 Å². The number of pyridine rings is 2. The number of sulfonamides is 1. The van der Waals surface area contributed by atoms with E-state index in [0.29, 0.717) is 0 Å². The van der Waals surface area contributed by atoms with E-state index in [1.165, 1.54) is 29.7 Å². The third kappa shape index (κ3) is 2.99. The summed E-state index contributed by atoms with van der Waals surface area (Å²) in [5.74, 6) is 0. The van der Waals surface area contributed by atoms with Gasteiger partial charge in [0.25, 0.3) is 0 Å². The zero-order valence-corrected chi connectivity index (χ0v) is 11.6. The Kier molecular flexibility index (Phi) is 4.08. The lowest BCUT2D eigenvalue weighted by atomic mass is 10.3. The van der Waals surface area contributed by atoms with E-state index in [1.54, 1.807) is 24.5 Å². The summed E-state index contributed by atoms with van der Waals surface area (Å²) in [6.45, 7) is 0.218. The highest BCUT2D eigenvalue weighted by Crippen LogP contribution is 2.15. The first-order valence-corrected chi connectivity index (χ1v) is 7.19. The van der Waals surface area contributed by atoms with Gasteiger partial charge in [0.05, 0.1) is 0 Å². The Morgan fingerprint density at radius 1 is 1.30 bits per heavy atom. The molecule has 6 nitrogen and oxygen atoms in total. The summed E-state index contributed by atoms with van der Waals surface area (Å²) in [6.07, 6.45) is 4.43. The molecule has 0 aliphatic heterocycles. The summed E-state index contributed by atoms with van der Waals surface area (Å²) in [7, 11) is -2.14. The zero-order valence-electron chi connectivity index (χ0n) is 10.8. The molecule has 2 aromatic rings. The fraction of sp³-hybridized carbons (Fsp3) is 0.154. The van der Waals surface area contributed by atoms with E-state index in [-0.39, 0.29) is 17.1 Å². The largest absolute Gasteiger partial charge is 0.264 e. The van der Waals surface area contributed by atoms with Crippen LogP contribution in [0.2, 0.25) is 0 Å². The first-order chi connectivity index (χ1) is 9.54. The van der Waals surface area contributed by atoms with Crippen LogP contribution in [0.3, 0.4) is 0 Å². The van der Waals surface area contributed by atoms with Crippen LogP contribution >= 0.6 is 0 Å². The van der Waals surface area contributed by atoms with Crippen LogP contribution in [0, 0.1) is 11.3 Å². The van der Waals surface area contributed by atoms with E-state index in [0.717, 1.165) is 5.56 Å². The van der Waals surface area contributed by atoms with Crippen molar-refractivity contribution < 1.29 is 8.42 Å². The molecule has 2 aromatic heterocycles. The molecule has 0 atom stereocenters. The second-order valence-corrected chi connectivity index (χ2v) is 6.16. The van der Waals surface area contributed by atoms with Crippen molar-refractivity contribution in [2.45, 2.75) is 11.4 Å². The fourth-order valence-electron chi connectivity index (χ4n) is 1.61. The van der Waals surface area contributed by atoms with Crippen molar-refractivity contribution in [1.82, 2.24) is 14.3 Å².